The molecule has 1 aliphatic carbocycles. The van der Waals surface area contributed by atoms with Crippen LogP contribution in [0.25, 0.3) is 5.57 Å². The summed E-state index contributed by atoms with van der Waals surface area (Å²) in [7, 11) is 0. The van der Waals surface area contributed by atoms with Gasteiger partial charge in [0.1, 0.15) is 6.29 Å². The number of carbonyl (C=O) groups excluding carboxylic acids is 1. The predicted molar refractivity (Wildman–Crippen MR) is 64.3 cm³/mol. The molecule has 0 amide bonds. The van der Waals surface area contributed by atoms with E-state index in [0.717, 1.165) is 17.4 Å². The lowest BCUT2D eigenvalue weighted by molar-refractivity contribution is -0.104. The monoisotopic (exact) mass is 214 g/mol. The molecule has 0 unspecified atom stereocenters. The summed E-state index contributed by atoms with van der Waals surface area (Å²) in [5.41, 5.74) is 13.4. The molecule has 2 rings (SSSR count). The van der Waals surface area contributed by atoms with Crippen LogP contribution in [0.2, 0.25) is 0 Å². The average Bonchev–Trinajstić information content (AvgIpc) is 2.29. The zero-order valence-corrected chi connectivity index (χ0v) is 8.89. The quantitative estimate of drug-likeness (QED) is 0.574. The van der Waals surface area contributed by atoms with Gasteiger partial charge in [-0.05, 0) is 17.2 Å². The highest BCUT2D eigenvalue weighted by Crippen LogP contribution is 2.29. The normalized spacial score (nSPS) is 18.6. The summed E-state index contributed by atoms with van der Waals surface area (Å²) in [6.45, 7) is 0. The molecule has 3 heteroatoms. The SMILES string of the molecule is NC1(N)C=CC(C=O)=C(c2ccccc2)C1. The van der Waals surface area contributed by atoms with E-state index in [1.54, 1.807) is 12.2 Å². The molecule has 3 nitrogen and oxygen atoms in total. The van der Waals surface area contributed by atoms with Crippen LogP contribution in [0.5, 0.6) is 0 Å². The molecule has 0 heterocycles. The standard InChI is InChI=1S/C13H14N2O/c14-13(15)7-6-11(9-16)12(8-13)10-4-2-1-3-5-10/h1-7,9H,8,14-15H2. The van der Waals surface area contributed by atoms with Crippen molar-refractivity contribution in [1.82, 2.24) is 0 Å². The minimum absolute atomic E-state index is 0.474. The van der Waals surface area contributed by atoms with Gasteiger partial charge in [0.15, 0.2) is 0 Å². The smallest absolute Gasteiger partial charge is 0.150 e. The molecular weight excluding hydrogens is 200 g/mol. The minimum Gasteiger partial charge on any atom is -0.310 e. The summed E-state index contributed by atoms with van der Waals surface area (Å²) in [6, 6.07) is 9.69. The van der Waals surface area contributed by atoms with Crippen LogP contribution in [0, 0.1) is 0 Å². The van der Waals surface area contributed by atoms with Crippen molar-refractivity contribution in [3.05, 3.63) is 53.6 Å². The third-order valence-corrected chi connectivity index (χ3v) is 2.65. The number of hydrogen-bond donors (Lipinski definition) is 2. The van der Waals surface area contributed by atoms with Crippen LogP contribution in [-0.4, -0.2) is 11.9 Å². The molecule has 0 fully saturated rings. The van der Waals surface area contributed by atoms with E-state index < -0.39 is 5.66 Å². The van der Waals surface area contributed by atoms with E-state index in [0.29, 0.717) is 12.0 Å². The third-order valence-electron chi connectivity index (χ3n) is 2.65. The highest BCUT2D eigenvalue weighted by atomic mass is 16.1. The lowest BCUT2D eigenvalue weighted by Crippen LogP contribution is -2.48. The number of nitrogens with two attached hydrogens (primary N) is 2. The lowest BCUT2D eigenvalue weighted by atomic mass is 9.87. The van der Waals surface area contributed by atoms with E-state index in [1.165, 1.54) is 0 Å². The van der Waals surface area contributed by atoms with E-state index in [1.807, 2.05) is 30.3 Å². The Hall–Kier alpha value is -1.71. The molecule has 0 saturated carbocycles. The molecule has 0 aliphatic heterocycles. The second kappa shape index (κ2) is 4.04. The number of allylic oxidation sites excluding steroid dienone is 2. The van der Waals surface area contributed by atoms with Crippen LogP contribution < -0.4 is 11.5 Å². The van der Waals surface area contributed by atoms with E-state index in [9.17, 15) is 4.79 Å². The van der Waals surface area contributed by atoms with Gasteiger partial charge in [-0.25, -0.2) is 0 Å². The Morgan fingerprint density at radius 3 is 2.50 bits per heavy atom. The molecule has 0 aromatic heterocycles. The van der Waals surface area contributed by atoms with Gasteiger partial charge in [-0.3, -0.25) is 4.79 Å². The van der Waals surface area contributed by atoms with Crippen LogP contribution in [0.4, 0.5) is 0 Å². The third kappa shape index (κ3) is 2.10. The molecular formula is C13H14N2O. The molecule has 0 spiro atoms. The van der Waals surface area contributed by atoms with Crippen molar-refractivity contribution in [1.29, 1.82) is 0 Å². The fourth-order valence-corrected chi connectivity index (χ4v) is 1.83. The van der Waals surface area contributed by atoms with Gasteiger partial charge in [-0.2, -0.15) is 0 Å². The van der Waals surface area contributed by atoms with Crippen LogP contribution in [0.1, 0.15) is 12.0 Å². The van der Waals surface area contributed by atoms with Gasteiger partial charge in [0.05, 0.1) is 5.66 Å². The Morgan fingerprint density at radius 2 is 1.88 bits per heavy atom. The number of aldehydes is 1. The van der Waals surface area contributed by atoms with E-state index in [4.69, 9.17) is 11.5 Å². The Bertz CT molecular complexity index is 458. The number of hydrogen-bond acceptors (Lipinski definition) is 3. The first-order valence-corrected chi connectivity index (χ1v) is 5.13. The Balaban J connectivity index is 2.48. The number of carbonyl (C=O) groups is 1. The molecule has 0 atom stereocenters. The predicted octanol–water partition coefficient (Wildman–Crippen LogP) is 1.21. The second-order valence-electron chi connectivity index (χ2n) is 4.04. The largest absolute Gasteiger partial charge is 0.310 e. The molecule has 1 aromatic rings. The van der Waals surface area contributed by atoms with Gasteiger partial charge >= 0.3 is 0 Å². The Labute approximate surface area is 94.4 Å². The molecule has 16 heavy (non-hydrogen) atoms. The summed E-state index contributed by atoms with van der Waals surface area (Å²) >= 11 is 0. The molecule has 82 valence electrons. The van der Waals surface area contributed by atoms with E-state index in [2.05, 4.69) is 0 Å². The van der Waals surface area contributed by atoms with Gasteiger partial charge in [0.2, 0.25) is 0 Å². The zero-order chi connectivity index (χ0) is 11.6. The van der Waals surface area contributed by atoms with Gasteiger partial charge in [0.25, 0.3) is 0 Å². The lowest BCUT2D eigenvalue weighted by Gasteiger charge is -2.26. The molecule has 1 aromatic carbocycles. The first-order valence-electron chi connectivity index (χ1n) is 5.13. The number of rotatable bonds is 2. The van der Waals surface area contributed by atoms with Crippen LogP contribution in [0.15, 0.2) is 48.1 Å². The average molecular weight is 214 g/mol. The van der Waals surface area contributed by atoms with E-state index in [-0.39, 0.29) is 0 Å². The second-order valence-corrected chi connectivity index (χ2v) is 4.04. The summed E-state index contributed by atoms with van der Waals surface area (Å²) in [6.07, 6.45) is 4.68. The first-order chi connectivity index (χ1) is 7.62. The van der Waals surface area contributed by atoms with Gasteiger partial charge in [-0.1, -0.05) is 36.4 Å². The van der Waals surface area contributed by atoms with Crippen molar-refractivity contribution in [2.75, 3.05) is 0 Å². The fourth-order valence-electron chi connectivity index (χ4n) is 1.83. The molecule has 4 N–H and O–H groups in total. The van der Waals surface area contributed by atoms with Crippen molar-refractivity contribution in [2.45, 2.75) is 12.1 Å². The highest BCUT2D eigenvalue weighted by molar-refractivity contribution is 5.92. The van der Waals surface area contributed by atoms with Gasteiger partial charge in [-0.15, -0.1) is 0 Å². The van der Waals surface area contributed by atoms with E-state index >= 15 is 0 Å². The van der Waals surface area contributed by atoms with Crippen molar-refractivity contribution in [2.24, 2.45) is 11.5 Å². The minimum atomic E-state index is -0.863. The fraction of sp³-hybridized carbons (Fsp3) is 0.154. The summed E-state index contributed by atoms with van der Waals surface area (Å²) < 4.78 is 0. The van der Waals surface area contributed by atoms with Crippen LogP contribution in [0.3, 0.4) is 0 Å². The van der Waals surface area contributed by atoms with Crippen molar-refractivity contribution >= 4 is 11.9 Å². The number of benzene rings is 1. The van der Waals surface area contributed by atoms with Crippen molar-refractivity contribution in [3.8, 4) is 0 Å². The molecule has 0 bridgehead atoms. The first kappa shape index (κ1) is 10.8. The Kier molecular flexibility index (Phi) is 2.73. The van der Waals surface area contributed by atoms with Crippen LogP contribution >= 0.6 is 0 Å². The summed E-state index contributed by atoms with van der Waals surface area (Å²) in [5, 5.41) is 0. The highest BCUT2D eigenvalue weighted by Gasteiger charge is 2.24. The van der Waals surface area contributed by atoms with Gasteiger partial charge < -0.3 is 11.5 Å². The zero-order valence-electron chi connectivity index (χ0n) is 8.89. The molecule has 0 radical (unpaired) electrons. The summed E-state index contributed by atoms with van der Waals surface area (Å²) in [4.78, 5) is 11.0. The van der Waals surface area contributed by atoms with Crippen molar-refractivity contribution in [3.63, 3.8) is 0 Å². The van der Waals surface area contributed by atoms with Crippen LogP contribution in [-0.2, 0) is 4.79 Å². The summed E-state index contributed by atoms with van der Waals surface area (Å²) in [5.74, 6) is 0. The topological polar surface area (TPSA) is 69.1 Å². The maximum Gasteiger partial charge on any atom is 0.150 e. The van der Waals surface area contributed by atoms with Gasteiger partial charge in [0, 0.05) is 12.0 Å². The maximum absolute atomic E-state index is 11.0. The molecule has 0 saturated heterocycles. The maximum atomic E-state index is 11.0. The molecule has 1 aliphatic rings. The van der Waals surface area contributed by atoms with Crippen molar-refractivity contribution < 1.29 is 4.79 Å². The Morgan fingerprint density at radius 1 is 1.19 bits per heavy atom.